The molecule has 292 valence electrons. The van der Waals surface area contributed by atoms with E-state index >= 15 is 0 Å². The summed E-state index contributed by atoms with van der Waals surface area (Å²) < 4.78 is 26.0. The maximum atomic E-state index is 13.6. The highest BCUT2D eigenvalue weighted by molar-refractivity contribution is 5.90. The largest absolute Gasteiger partial charge is 0.463 e. The van der Waals surface area contributed by atoms with Gasteiger partial charge in [0.05, 0.1) is 38.4 Å². The highest BCUT2D eigenvalue weighted by atomic mass is 16.6. The third-order valence-corrected chi connectivity index (χ3v) is 7.73. The Balaban J connectivity index is 3.03. The lowest BCUT2D eigenvalue weighted by molar-refractivity contribution is -0.147. The minimum atomic E-state index is -1.43. The molecule has 1 aromatic rings. The van der Waals surface area contributed by atoms with Crippen LogP contribution in [0.15, 0.2) is 4.42 Å². The Morgan fingerprint density at radius 1 is 0.804 bits per heavy atom. The number of aryl methyl sites for hydroxylation is 2. The Hall–Kier alpha value is -3.76. The van der Waals surface area contributed by atoms with E-state index in [0.717, 1.165) is 0 Å². The van der Waals surface area contributed by atoms with Crippen molar-refractivity contribution in [3.63, 3.8) is 0 Å². The number of carbonyl (C=O) groups is 5. The molecule has 0 spiro atoms. The molecule has 5 N–H and O–H groups in total. The molecule has 0 fully saturated rings. The first-order valence-corrected chi connectivity index (χ1v) is 17.6. The predicted molar refractivity (Wildman–Crippen MR) is 187 cm³/mol. The molecule has 16 nitrogen and oxygen atoms in total. The molecule has 0 radical (unpaired) electrons. The standard InChI is InChI=1S/C35H61N5O11/c1-20(2)15-26(29(41)16-23(7)32(43)40-31(22(5)6)34(45)36-18-21(3)4)38-33(44)27(17-30(42)49-14-13-48-12-11-47-10)39-35(46)50-19-28-24(8)51-25(9)37-28/h20-23,26-27,29,31,41H,11-19H2,1-10H3,(H,36,45)(H,38,44)(H,39,46)(H,40,43). The number of oxazole rings is 1. The maximum Gasteiger partial charge on any atom is 0.408 e. The molecule has 0 aliphatic carbocycles. The van der Waals surface area contributed by atoms with E-state index in [1.54, 1.807) is 20.8 Å². The van der Waals surface area contributed by atoms with E-state index in [0.29, 0.717) is 43.5 Å². The van der Waals surface area contributed by atoms with Crippen molar-refractivity contribution < 1.29 is 52.4 Å². The van der Waals surface area contributed by atoms with Gasteiger partial charge < -0.3 is 49.7 Å². The molecule has 1 aromatic heterocycles. The number of aliphatic hydroxyl groups excluding tert-OH is 1. The highest BCUT2D eigenvalue weighted by Gasteiger charge is 2.33. The molecule has 0 saturated carbocycles. The molecule has 4 amide bonds. The Morgan fingerprint density at radius 3 is 2.04 bits per heavy atom. The van der Waals surface area contributed by atoms with Gasteiger partial charge in [0.15, 0.2) is 5.89 Å². The summed E-state index contributed by atoms with van der Waals surface area (Å²) in [4.78, 5) is 69.2. The number of ether oxygens (including phenoxy) is 4. The smallest absolute Gasteiger partial charge is 0.408 e. The lowest BCUT2D eigenvalue weighted by atomic mass is 9.91. The minimum absolute atomic E-state index is 0.0117. The van der Waals surface area contributed by atoms with Crippen LogP contribution in [0.2, 0.25) is 0 Å². The fourth-order valence-electron chi connectivity index (χ4n) is 4.90. The second-order valence-corrected chi connectivity index (χ2v) is 13.9. The van der Waals surface area contributed by atoms with Crippen molar-refractivity contribution in [2.75, 3.05) is 40.1 Å². The average molecular weight is 728 g/mol. The summed E-state index contributed by atoms with van der Waals surface area (Å²) in [5, 5.41) is 22.1. The number of amides is 4. The normalized spacial score (nSPS) is 14.4. The molecular formula is C35H61N5O11. The molecule has 1 heterocycles. The van der Waals surface area contributed by atoms with Crippen molar-refractivity contribution in [3.05, 3.63) is 17.3 Å². The minimum Gasteiger partial charge on any atom is -0.463 e. The van der Waals surface area contributed by atoms with E-state index in [4.69, 9.17) is 23.4 Å². The van der Waals surface area contributed by atoms with Gasteiger partial charge in [-0.1, -0.05) is 48.5 Å². The third kappa shape index (κ3) is 18.3. The van der Waals surface area contributed by atoms with E-state index in [9.17, 15) is 29.1 Å². The maximum absolute atomic E-state index is 13.6. The number of hydrogen-bond acceptors (Lipinski definition) is 12. The van der Waals surface area contributed by atoms with Crippen LogP contribution in [-0.2, 0) is 44.7 Å². The zero-order chi connectivity index (χ0) is 38.7. The van der Waals surface area contributed by atoms with Gasteiger partial charge in [-0.2, -0.15) is 0 Å². The Morgan fingerprint density at radius 2 is 1.47 bits per heavy atom. The van der Waals surface area contributed by atoms with Crippen LogP contribution in [0.25, 0.3) is 0 Å². The lowest BCUT2D eigenvalue weighted by Crippen LogP contribution is -2.54. The second-order valence-electron chi connectivity index (χ2n) is 13.9. The van der Waals surface area contributed by atoms with Crippen LogP contribution < -0.4 is 21.3 Å². The van der Waals surface area contributed by atoms with Crippen LogP contribution in [-0.4, -0.2) is 104 Å². The van der Waals surface area contributed by atoms with E-state index < -0.39 is 60.4 Å². The Bertz CT molecular complexity index is 1240. The van der Waals surface area contributed by atoms with Crippen LogP contribution in [0.1, 0.15) is 85.1 Å². The van der Waals surface area contributed by atoms with Gasteiger partial charge in [-0.05, 0) is 37.5 Å². The van der Waals surface area contributed by atoms with Gasteiger partial charge in [0.25, 0.3) is 0 Å². The topological polar surface area (TPSA) is 217 Å². The molecule has 5 unspecified atom stereocenters. The number of methoxy groups -OCH3 is 1. The van der Waals surface area contributed by atoms with E-state index in [1.165, 1.54) is 7.11 Å². The summed E-state index contributed by atoms with van der Waals surface area (Å²) in [6.07, 6.45) is -2.44. The first kappa shape index (κ1) is 45.3. The second kappa shape index (κ2) is 23.7. The summed E-state index contributed by atoms with van der Waals surface area (Å²) in [5.74, 6) is -2.04. The first-order chi connectivity index (χ1) is 23.9. The summed E-state index contributed by atoms with van der Waals surface area (Å²) in [5.41, 5.74) is 0.394. The third-order valence-electron chi connectivity index (χ3n) is 7.73. The van der Waals surface area contributed by atoms with Crippen molar-refractivity contribution in [1.82, 2.24) is 26.3 Å². The summed E-state index contributed by atoms with van der Waals surface area (Å²) >= 11 is 0. The molecule has 51 heavy (non-hydrogen) atoms. The monoisotopic (exact) mass is 727 g/mol. The SMILES string of the molecule is COCCOCCOC(=O)CC(NC(=O)OCc1nc(C)oc1C)C(=O)NC(CC(C)C)C(O)CC(C)C(=O)NC(C(=O)NCC(C)C)C(C)C. The zero-order valence-electron chi connectivity index (χ0n) is 32.0. The van der Waals surface area contributed by atoms with Gasteiger partial charge in [0.2, 0.25) is 17.7 Å². The Kier molecular flexibility index (Phi) is 21.0. The average Bonchev–Trinajstić information content (AvgIpc) is 3.37. The fourth-order valence-corrected chi connectivity index (χ4v) is 4.90. The van der Waals surface area contributed by atoms with Crippen molar-refractivity contribution in [3.8, 4) is 0 Å². The number of aliphatic hydroxyl groups is 1. The number of esters is 1. The van der Waals surface area contributed by atoms with Crippen molar-refractivity contribution in [2.24, 2.45) is 23.7 Å². The molecule has 0 bridgehead atoms. The van der Waals surface area contributed by atoms with Crippen LogP contribution in [0.5, 0.6) is 0 Å². The van der Waals surface area contributed by atoms with Crippen molar-refractivity contribution >= 4 is 29.8 Å². The fraction of sp³-hybridized carbons (Fsp3) is 0.771. The molecule has 0 aromatic carbocycles. The molecule has 0 aliphatic heterocycles. The molecule has 1 rings (SSSR count). The van der Waals surface area contributed by atoms with Crippen LogP contribution >= 0.6 is 0 Å². The van der Waals surface area contributed by atoms with Gasteiger partial charge in [-0.15, -0.1) is 0 Å². The predicted octanol–water partition coefficient (Wildman–Crippen LogP) is 2.31. The zero-order valence-corrected chi connectivity index (χ0v) is 32.0. The number of carbonyl (C=O) groups excluding carboxylic acids is 5. The summed E-state index contributed by atoms with van der Waals surface area (Å²) in [6.45, 7) is 17.3. The number of alkyl carbamates (subject to hydrolysis) is 1. The van der Waals surface area contributed by atoms with Crippen molar-refractivity contribution in [2.45, 2.75) is 112 Å². The van der Waals surface area contributed by atoms with Gasteiger partial charge in [-0.3, -0.25) is 19.2 Å². The number of nitrogens with one attached hydrogen (secondary N) is 4. The summed E-state index contributed by atoms with van der Waals surface area (Å²) in [7, 11) is 1.53. The van der Waals surface area contributed by atoms with Gasteiger partial charge in [-0.25, -0.2) is 9.78 Å². The van der Waals surface area contributed by atoms with Gasteiger partial charge >= 0.3 is 12.1 Å². The first-order valence-electron chi connectivity index (χ1n) is 17.6. The Labute approximate surface area is 301 Å². The van der Waals surface area contributed by atoms with Crippen LogP contribution in [0.3, 0.4) is 0 Å². The molecular weight excluding hydrogens is 666 g/mol. The van der Waals surface area contributed by atoms with E-state index in [2.05, 4.69) is 26.3 Å². The van der Waals surface area contributed by atoms with Gasteiger partial charge in [0.1, 0.15) is 36.8 Å². The van der Waals surface area contributed by atoms with Crippen LogP contribution in [0.4, 0.5) is 4.79 Å². The lowest BCUT2D eigenvalue weighted by Gasteiger charge is -2.30. The number of hydrogen-bond donors (Lipinski definition) is 5. The molecule has 0 aliphatic rings. The molecule has 5 atom stereocenters. The quantitative estimate of drug-likeness (QED) is 0.0766. The number of nitrogens with zero attached hydrogens (tertiary/aromatic N) is 1. The van der Waals surface area contributed by atoms with Crippen molar-refractivity contribution in [1.29, 1.82) is 0 Å². The molecule has 0 saturated heterocycles. The number of rotatable bonds is 24. The highest BCUT2D eigenvalue weighted by Crippen LogP contribution is 2.17. The van der Waals surface area contributed by atoms with Crippen LogP contribution in [0, 0.1) is 37.5 Å². The molecule has 16 heteroatoms. The number of aromatic nitrogens is 1. The van der Waals surface area contributed by atoms with E-state index in [1.807, 2.05) is 41.5 Å². The van der Waals surface area contributed by atoms with E-state index in [-0.39, 0.29) is 49.9 Å². The summed E-state index contributed by atoms with van der Waals surface area (Å²) in [6, 6.07) is -3.05. The van der Waals surface area contributed by atoms with Gasteiger partial charge in [0, 0.05) is 26.5 Å².